The fourth-order valence-electron chi connectivity index (χ4n) is 4.85. The van der Waals surface area contributed by atoms with Crippen molar-refractivity contribution in [2.45, 2.75) is 37.2 Å². The average Bonchev–Trinajstić information content (AvgIpc) is 3.61. The summed E-state index contributed by atoms with van der Waals surface area (Å²) in [6.07, 6.45) is 5.25. The van der Waals surface area contributed by atoms with E-state index >= 15 is 0 Å². The van der Waals surface area contributed by atoms with Crippen LogP contribution in [0, 0.1) is 0 Å². The number of fused-ring (bicyclic) bond motifs is 2. The van der Waals surface area contributed by atoms with E-state index in [1.165, 1.54) is 6.20 Å². The maximum atomic E-state index is 13.7. The number of nitrogens with zero attached hydrogens (tertiary/aromatic N) is 5. The van der Waals surface area contributed by atoms with Crippen molar-refractivity contribution in [2.75, 3.05) is 32.7 Å². The van der Waals surface area contributed by atoms with Gasteiger partial charge in [0, 0.05) is 43.6 Å². The highest BCUT2D eigenvalue weighted by Crippen LogP contribution is 2.35. The summed E-state index contributed by atoms with van der Waals surface area (Å²) < 4.78 is 28.7. The molecule has 10 nitrogen and oxygen atoms in total. The summed E-state index contributed by atoms with van der Waals surface area (Å²) in [5, 5.41) is 11.2. The van der Waals surface area contributed by atoms with E-state index in [1.54, 1.807) is 24.9 Å². The number of carbonyl (C=O) groups is 1. The molecule has 4 aromatic heterocycles. The minimum atomic E-state index is -1.01. The topological polar surface area (TPSA) is 108 Å². The van der Waals surface area contributed by atoms with Crippen LogP contribution < -0.4 is 10.6 Å². The lowest BCUT2D eigenvalue weighted by atomic mass is 9.90. The summed E-state index contributed by atoms with van der Waals surface area (Å²) in [5.41, 5.74) is 3.02. The number of halogens is 1. The number of rotatable bonds is 6. The third-order valence-electron chi connectivity index (χ3n) is 7.00. The van der Waals surface area contributed by atoms with Crippen molar-refractivity contribution in [3.05, 3.63) is 42.4 Å². The Morgan fingerprint density at radius 3 is 2.91 bits per heavy atom. The molecule has 182 valence electrons. The Labute approximate surface area is 200 Å². The first kappa shape index (κ1) is 21.9. The Kier molecular flexibility index (Phi) is 5.37. The summed E-state index contributed by atoms with van der Waals surface area (Å²) in [6.45, 7) is 1.04. The summed E-state index contributed by atoms with van der Waals surface area (Å²) in [7, 11) is 3.47. The molecular weight excluding hydrogens is 453 g/mol. The zero-order chi connectivity index (χ0) is 24.1. The third-order valence-corrected chi connectivity index (χ3v) is 7.00. The molecule has 11 heteroatoms. The SMILES string of the molecule is CNc1cc(-c2cn([C@H]3COC[C@@H]3OC)c3ncccc23)nc2c(C(=O)N[C@@H]3CC[C@@H]3F)cnn12. The number of hydrogen-bond donors (Lipinski definition) is 2. The van der Waals surface area contributed by atoms with Crippen LogP contribution in [0.15, 0.2) is 36.8 Å². The predicted octanol–water partition coefficient (Wildman–Crippen LogP) is 2.60. The van der Waals surface area contributed by atoms with Gasteiger partial charge in [-0.25, -0.2) is 14.4 Å². The highest BCUT2D eigenvalue weighted by atomic mass is 19.1. The van der Waals surface area contributed by atoms with Crippen molar-refractivity contribution in [1.82, 2.24) is 29.5 Å². The van der Waals surface area contributed by atoms with Crippen molar-refractivity contribution in [3.8, 4) is 11.3 Å². The number of aromatic nitrogens is 5. The van der Waals surface area contributed by atoms with Gasteiger partial charge in [-0.3, -0.25) is 4.79 Å². The minimum absolute atomic E-state index is 0.0221. The Morgan fingerprint density at radius 2 is 2.17 bits per heavy atom. The third kappa shape index (κ3) is 3.53. The summed E-state index contributed by atoms with van der Waals surface area (Å²) in [4.78, 5) is 22.4. The van der Waals surface area contributed by atoms with E-state index in [1.807, 2.05) is 24.4 Å². The smallest absolute Gasteiger partial charge is 0.257 e. The molecule has 0 unspecified atom stereocenters. The van der Waals surface area contributed by atoms with E-state index in [2.05, 4.69) is 25.3 Å². The van der Waals surface area contributed by atoms with Gasteiger partial charge in [0.2, 0.25) is 0 Å². The molecular formula is C24H26FN7O3. The minimum Gasteiger partial charge on any atom is -0.377 e. The Hall–Kier alpha value is -3.57. The van der Waals surface area contributed by atoms with Crippen LogP contribution in [0.4, 0.5) is 10.2 Å². The molecule has 2 N–H and O–H groups in total. The Morgan fingerprint density at radius 1 is 1.29 bits per heavy atom. The number of carbonyl (C=O) groups excluding carboxylic acids is 1. The summed E-state index contributed by atoms with van der Waals surface area (Å²) >= 11 is 0. The number of hydrogen-bond acceptors (Lipinski definition) is 7. The van der Waals surface area contributed by atoms with Gasteiger partial charge in [0.1, 0.15) is 29.3 Å². The highest BCUT2D eigenvalue weighted by molar-refractivity contribution is 6.01. The number of ether oxygens (including phenoxy) is 2. The molecule has 0 bridgehead atoms. The van der Waals surface area contributed by atoms with E-state index in [-0.39, 0.29) is 18.1 Å². The van der Waals surface area contributed by atoms with E-state index in [4.69, 9.17) is 14.5 Å². The molecule has 4 atom stereocenters. The van der Waals surface area contributed by atoms with Crippen LogP contribution in [0.3, 0.4) is 0 Å². The molecule has 1 saturated carbocycles. The molecule has 6 rings (SSSR count). The first-order chi connectivity index (χ1) is 17.1. The number of pyridine rings is 1. The maximum Gasteiger partial charge on any atom is 0.257 e. The fraction of sp³-hybridized carbons (Fsp3) is 0.417. The van der Waals surface area contributed by atoms with Crippen molar-refractivity contribution >= 4 is 28.4 Å². The lowest BCUT2D eigenvalue weighted by molar-refractivity contribution is 0.0692. The molecule has 4 aromatic rings. The monoisotopic (exact) mass is 479 g/mol. The number of nitrogens with one attached hydrogen (secondary N) is 2. The zero-order valence-electron chi connectivity index (χ0n) is 19.4. The van der Waals surface area contributed by atoms with Gasteiger partial charge in [-0.2, -0.15) is 9.61 Å². The molecule has 1 amide bonds. The van der Waals surface area contributed by atoms with Crippen LogP contribution in [0.2, 0.25) is 0 Å². The van der Waals surface area contributed by atoms with Gasteiger partial charge in [-0.15, -0.1) is 0 Å². The first-order valence-corrected chi connectivity index (χ1v) is 11.7. The van der Waals surface area contributed by atoms with Gasteiger partial charge in [-0.1, -0.05) is 0 Å². The molecule has 0 aromatic carbocycles. The van der Waals surface area contributed by atoms with E-state index in [9.17, 15) is 9.18 Å². The molecule has 1 aliphatic heterocycles. The van der Waals surface area contributed by atoms with Crippen LogP contribution in [0.1, 0.15) is 29.2 Å². The van der Waals surface area contributed by atoms with Crippen molar-refractivity contribution in [2.24, 2.45) is 0 Å². The molecule has 0 spiro atoms. The number of anilines is 1. The molecule has 5 heterocycles. The number of methoxy groups -OCH3 is 1. The van der Waals surface area contributed by atoms with Crippen molar-refractivity contribution in [1.29, 1.82) is 0 Å². The molecule has 35 heavy (non-hydrogen) atoms. The second kappa shape index (κ2) is 8.58. The highest BCUT2D eigenvalue weighted by Gasteiger charge is 2.34. The van der Waals surface area contributed by atoms with Gasteiger partial charge in [0.15, 0.2) is 5.65 Å². The van der Waals surface area contributed by atoms with E-state index in [0.717, 1.165) is 16.6 Å². The lowest BCUT2D eigenvalue weighted by Gasteiger charge is -2.30. The predicted molar refractivity (Wildman–Crippen MR) is 127 cm³/mol. The Balaban J connectivity index is 1.47. The largest absolute Gasteiger partial charge is 0.377 e. The van der Waals surface area contributed by atoms with Gasteiger partial charge >= 0.3 is 0 Å². The van der Waals surface area contributed by atoms with E-state index < -0.39 is 12.2 Å². The van der Waals surface area contributed by atoms with Crippen LogP contribution in [0.25, 0.3) is 27.9 Å². The van der Waals surface area contributed by atoms with Crippen LogP contribution in [-0.4, -0.2) is 75.7 Å². The van der Waals surface area contributed by atoms with Gasteiger partial charge in [-0.05, 0) is 25.0 Å². The standard InChI is InChI=1S/C24H26FN7O3/c1-26-21-8-18(29-23-14(9-28-32(21)23)24(33)30-17-6-5-16(17)25)15-10-31(19-11-35-12-20(19)34-2)22-13(15)4-3-7-27-22/h3-4,7-10,16-17,19-20,26H,5-6,11-12H2,1-2H3,(H,30,33)/t16-,17+,19-,20-/m0/s1. The van der Waals surface area contributed by atoms with Crippen LogP contribution in [-0.2, 0) is 9.47 Å². The maximum absolute atomic E-state index is 13.7. The molecule has 0 radical (unpaired) electrons. The first-order valence-electron chi connectivity index (χ1n) is 11.7. The molecule has 1 saturated heterocycles. The number of amides is 1. The lowest BCUT2D eigenvalue weighted by Crippen LogP contribution is -2.48. The molecule has 2 fully saturated rings. The van der Waals surface area contributed by atoms with Crippen LogP contribution >= 0.6 is 0 Å². The zero-order valence-corrected chi connectivity index (χ0v) is 19.4. The summed E-state index contributed by atoms with van der Waals surface area (Å²) in [6, 6.07) is 5.28. The van der Waals surface area contributed by atoms with E-state index in [0.29, 0.717) is 48.8 Å². The van der Waals surface area contributed by atoms with Crippen LogP contribution in [0.5, 0.6) is 0 Å². The van der Waals surface area contributed by atoms with Crippen molar-refractivity contribution in [3.63, 3.8) is 0 Å². The average molecular weight is 480 g/mol. The van der Waals surface area contributed by atoms with Crippen molar-refractivity contribution < 1.29 is 18.7 Å². The fourth-order valence-corrected chi connectivity index (χ4v) is 4.85. The second-order valence-electron chi connectivity index (χ2n) is 8.95. The van der Waals surface area contributed by atoms with Gasteiger partial charge < -0.3 is 24.7 Å². The quantitative estimate of drug-likeness (QED) is 0.438. The van der Waals surface area contributed by atoms with Gasteiger partial charge in [0.25, 0.3) is 5.91 Å². The normalized spacial score (nSPS) is 24.1. The second-order valence-corrected chi connectivity index (χ2v) is 8.95. The molecule has 1 aliphatic carbocycles. The van der Waals surface area contributed by atoms with Gasteiger partial charge in [0.05, 0.1) is 37.2 Å². The number of alkyl halides is 1. The summed E-state index contributed by atoms with van der Waals surface area (Å²) in [5.74, 6) is 0.286. The molecule has 2 aliphatic rings. The Bertz CT molecular complexity index is 1420.